The first-order valence-corrected chi connectivity index (χ1v) is 2.93. The fourth-order valence-corrected chi connectivity index (χ4v) is 0.738. The minimum absolute atomic E-state index is 1.30. The Hall–Kier alpha value is -1.36. The summed E-state index contributed by atoms with van der Waals surface area (Å²) in [7, 11) is 2.02. The van der Waals surface area contributed by atoms with E-state index in [1.54, 1.807) is 0 Å². The fourth-order valence-electron chi connectivity index (χ4n) is 0.738. The summed E-state index contributed by atoms with van der Waals surface area (Å²) in [5.74, 6) is 0. The molecule has 0 aliphatic rings. The first-order valence-electron chi connectivity index (χ1n) is 2.93. The standard InChI is InChI=1S/C7H10N.CN/c1-7-4-3-5-8(2)6-7;1-2/h3-6H,1-2H3;/q+1;-1. The first kappa shape index (κ1) is 8.64. The van der Waals surface area contributed by atoms with Crippen LogP contribution in [0.1, 0.15) is 5.56 Å². The van der Waals surface area contributed by atoms with Crippen LogP contribution in [0.25, 0.3) is 0 Å². The molecule has 0 radical (unpaired) electrons. The lowest BCUT2D eigenvalue weighted by Gasteiger charge is -1.85. The van der Waals surface area contributed by atoms with Crippen LogP contribution in [0.3, 0.4) is 0 Å². The first-order chi connectivity index (χ1) is 4.79. The Kier molecular flexibility index (Phi) is 3.90. The molecular weight excluding hydrogens is 124 g/mol. The molecule has 1 aromatic rings. The summed E-state index contributed by atoms with van der Waals surface area (Å²) < 4.78 is 2.04. The molecule has 0 aliphatic heterocycles. The Bertz CT molecular complexity index is 198. The van der Waals surface area contributed by atoms with Gasteiger partial charge in [-0.15, -0.1) is 0 Å². The van der Waals surface area contributed by atoms with Crippen molar-refractivity contribution in [3.8, 4) is 0 Å². The summed E-state index contributed by atoms with van der Waals surface area (Å²) in [6, 6.07) is 4.12. The van der Waals surface area contributed by atoms with E-state index >= 15 is 0 Å². The van der Waals surface area contributed by atoms with E-state index in [2.05, 4.69) is 19.2 Å². The fraction of sp³-hybridized carbons (Fsp3) is 0.250. The normalized spacial score (nSPS) is 7.60. The Balaban J connectivity index is 0.000000371. The molecule has 0 bridgehead atoms. The van der Waals surface area contributed by atoms with Gasteiger partial charge in [-0.3, -0.25) is 0 Å². The number of nitrogens with zero attached hydrogens (tertiary/aromatic N) is 2. The van der Waals surface area contributed by atoms with Gasteiger partial charge in [0.25, 0.3) is 0 Å². The number of rotatable bonds is 0. The van der Waals surface area contributed by atoms with Gasteiger partial charge in [0.1, 0.15) is 7.05 Å². The average molecular weight is 134 g/mol. The van der Waals surface area contributed by atoms with Gasteiger partial charge in [0.05, 0.1) is 0 Å². The zero-order chi connectivity index (χ0) is 7.98. The Morgan fingerprint density at radius 3 is 2.40 bits per heavy atom. The maximum absolute atomic E-state index is 6.25. The van der Waals surface area contributed by atoms with Crippen molar-refractivity contribution in [2.75, 3.05) is 0 Å². The van der Waals surface area contributed by atoms with Gasteiger partial charge >= 0.3 is 0 Å². The molecule has 0 aliphatic carbocycles. The summed E-state index contributed by atoms with van der Waals surface area (Å²) in [6.07, 6.45) is 4.10. The van der Waals surface area contributed by atoms with Crippen LogP contribution in [0, 0.1) is 18.8 Å². The van der Waals surface area contributed by atoms with Gasteiger partial charge in [-0.25, -0.2) is 4.57 Å². The number of hydrogen-bond donors (Lipinski definition) is 0. The van der Waals surface area contributed by atoms with Crippen LogP contribution >= 0.6 is 0 Å². The van der Waals surface area contributed by atoms with Gasteiger partial charge in [-0.05, 0) is 13.0 Å². The van der Waals surface area contributed by atoms with Crippen LogP contribution in [0.5, 0.6) is 0 Å². The molecule has 52 valence electrons. The molecule has 1 rings (SSSR count). The van der Waals surface area contributed by atoms with Crippen LogP contribution in [-0.4, -0.2) is 0 Å². The molecule has 0 saturated heterocycles. The second-order valence-corrected chi connectivity index (χ2v) is 2.05. The molecule has 0 N–H and O–H groups in total. The summed E-state index contributed by atoms with van der Waals surface area (Å²) in [6.45, 7) is 6.83. The number of aromatic nitrogens is 1. The average Bonchev–Trinajstić information content (AvgIpc) is 1.91. The third-order valence-electron chi connectivity index (χ3n) is 1.09. The van der Waals surface area contributed by atoms with Crippen molar-refractivity contribution in [1.29, 1.82) is 5.26 Å². The Morgan fingerprint density at radius 1 is 1.50 bits per heavy atom. The van der Waals surface area contributed by atoms with Crippen molar-refractivity contribution in [3.05, 3.63) is 36.7 Å². The lowest BCUT2D eigenvalue weighted by atomic mass is 10.3. The summed E-state index contributed by atoms with van der Waals surface area (Å²) in [5.41, 5.74) is 1.30. The molecule has 0 atom stereocenters. The monoisotopic (exact) mass is 134 g/mol. The summed E-state index contributed by atoms with van der Waals surface area (Å²) in [4.78, 5) is 0. The molecule has 0 amide bonds. The van der Waals surface area contributed by atoms with E-state index < -0.39 is 0 Å². The maximum atomic E-state index is 6.25. The van der Waals surface area contributed by atoms with Crippen LogP contribution < -0.4 is 4.57 Å². The van der Waals surface area contributed by atoms with Crippen LogP contribution in [0.2, 0.25) is 0 Å². The van der Waals surface area contributed by atoms with E-state index in [4.69, 9.17) is 11.8 Å². The third-order valence-corrected chi connectivity index (χ3v) is 1.09. The summed E-state index contributed by atoms with van der Waals surface area (Å²) in [5, 5.41) is 6.25. The van der Waals surface area contributed by atoms with E-state index in [-0.39, 0.29) is 0 Å². The van der Waals surface area contributed by atoms with Crippen molar-refractivity contribution >= 4 is 0 Å². The highest BCUT2D eigenvalue weighted by molar-refractivity contribution is 5.00. The van der Waals surface area contributed by atoms with Gasteiger partial charge in [0.2, 0.25) is 0 Å². The van der Waals surface area contributed by atoms with Gasteiger partial charge in [-0.1, -0.05) is 0 Å². The zero-order valence-electron chi connectivity index (χ0n) is 6.20. The highest BCUT2D eigenvalue weighted by Crippen LogP contribution is 1.86. The van der Waals surface area contributed by atoms with Crippen LogP contribution in [0.4, 0.5) is 0 Å². The highest BCUT2D eigenvalue weighted by atomic mass is 14.9. The molecule has 2 heteroatoms. The van der Waals surface area contributed by atoms with E-state index in [9.17, 15) is 0 Å². The van der Waals surface area contributed by atoms with Crippen molar-refractivity contribution in [3.63, 3.8) is 0 Å². The molecule has 0 spiro atoms. The Labute approximate surface area is 61.4 Å². The smallest absolute Gasteiger partial charge is 0.171 e. The predicted octanol–water partition coefficient (Wildman–Crippen LogP) is 0.916. The molecule has 0 fully saturated rings. The maximum Gasteiger partial charge on any atom is 0.171 e. The van der Waals surface area contributed by atoms with Crippen LogP contribution in [-0.2, 0) is 7.05 Å². The quantitative estimate of drug-likeness (QED) is 0.383. The van der Waals surface area contributed by atoms with Gasteiger partial charge in [0.15, 0.2) is 12.4 Å². The van der Waals surface area contributed by atoms with Crippen molar-refractivity contribution in [2.45, 2.75) is 6.92 Å². The topological polar surface area (TPSA) is 27.7 Å². The second-order valence-electron chi connectivity index (χ2n) is 2.05. The van der Waals surface area contributed by atoms with Gasteiger partial charge in [-0.2, -0.15) is 0 Å². The molecule has 0 unspecified atom stereocenters. The van der Waals surface area contributed by atoms with E-state index in [1.807, 2.05) is 23.9 Å². The van der Waals surface area contributed by atoms with Gasteiger partial charge < -0.3 is 11.8 Å². The summed E-state index contributed by atoms with van der Waals surface area (Å²) >= 11 is 0. The minimum atomic E-state index is 1.30. The minimum Gasteiger partial charge on any atom is -0.512 e. The number of hydrogen-bond acceptors (Lipinski definition) is 1. The Morgan fingerprint density at radius 2 is 2.10 bits per heavy atom. The molecule has 1 aromatic heterocycles. The van der Waals surface area contributed by atoms with E-state index in [0.29, 0.717) is 0 Å². The zero-order valence-corrected chi connectivity index (χ0v) is 6.20. The molecule has 2 nitrogen and oxygen atoms in total. The van der Waals surface area contributed by atoms with Crippen molar-refractivity contribution in [2.24, 2.45) is 7.05 Å². The molecule has 10 heavy (non-hydrogen) atoms. The SMILES string of the molecule is Cc1ccc[n+](C)c1.[C-]#N. The predicted molar refractivity (Wildman–Crippen MR) is 37.3 cm³/mol. The van der Waals surface area contributed by atoms with E-state index in [0.717, 1.165) is 0 Å². The van der Waals surface area contributed by atoms with Crippen LogP contribution in [0.15, 0.2) is 24.5 Å². The molecule has 0 saturated carbocycles. The largest absolute Gasteiger partial charge is 0.512 e. The second kappa shape index (κ2) is 4.51. The highest BCUT2D eigenvalue weighted by Gasteiger charge is 1.87. The molecular formula is C8H10N2. The lowest BCUT2D eigenvalue weighted by Crippen LogP contribution is -2.26. The number of aryl methyl sites for hydroxylation is 2. The van der Waals surface area contributed by atoms with Crippen molar-refractivity contribution in [1.82, 2.24) is 0 Å². The third kappa shape index (κ3) is 2.83. The molecule has 0 aromatic carbocycles. The molecule has 1 heterocycles. The number of pyridine rings is 1. The lowest BCUT2D eigenvalue weighted by molar-refractivity contribution is -0.671. The van der Waals surface area contributed by atoms with E-state index in [1.165, 1.54) is 5.56 Å². The van der Waals surface area contributed by atoms with Gasteiger partial charge in [0, 0.05) is 11.6 Å². The van der Waals surface area contributed by atoms with Crippen molar-refractivity contribution < 1.29 is 4.57 Å².